The fraction of sp³-hybridized carbons (Fsp3) is 0.533. The monoisotopic (exact) mass is 280 g/mol. The normalized spacial score (nSPS) is 27.4. The van der Waals surface area contributed by atoms with E-state index in [0.29, 0.717) is 17.6 Å². The third-order valence-corrected chi connectivity index (χ3v) is 4.18. The molecule has 5 heteroatoms. The number of nitrogens with zero attached hydrogens (tertiary/aromatic N) is 1. The standard InChI is InChI=1S/C15H21FN2O2/c1-9-6-7-11(8-10(9)2)20-13-5-3-4-12(16)14(13)15(17)18-19/h3-5,9-11,19H,6-8H2,1-2H3,(H2,17,18). The van der Waals surface area contributed by atoms with Gasteiger partial charge in [0.2, 0.25) is 0 Å². The smallest absolute Gasteiger partial charge is 0.176 e. The van der Waals surface area contributed by atoms with Gasteiger partial charge < -0.3 is 15.7 Å². The lowest BCUT2D eigenvalue weighted by Crippen LogP contribution is -2.29. The van der Waals surface area contributed by atoms with E-state index in [1.807, 2.05) is 0 Å². The molecule has 3 unspecified atom stereocenters. The van der Waals surface area contributed by atoms with Crippen LogP contribution in [0.3, 0.4) is 0 Å². The van der Waals surface area contributed by atoms with Gasteiger partial charge in [-0.15, -0.1) is 0 Å². The van der Waals surface area contributed by atoms with Gasteiger partial charge in [0.1, 0.15) is 11.6 Å². The zero-order valence-corrected chi connectivity index (χ0v) is 11.8. The summed E-state index contributed by atoms with van der Waals surface area (Å²) < 4.78 is 19.7. The van der Waals surface area contributed by atoms with Crippen molar-refractivity contribution in [3.8, 4) is 5.75 Å². The molecule has 4 nitrogen and oxygen atoms in total. The topological polar surface area (TPSA) is 67.8 Å². The molecule has 0 heterocycles. The molecule has 1 saturated carbocycles. The summed E-state index contributed by atoms with van der Waals surface area (Å²) in [6.45, 7) is 4.45. The van der Waals surface area contributed by atoms with Gasteiger partial charge in [0.15, 0.2) is 5.84 Å². The van der Waals surface area contributed by atoms with Crippen LogP contribution < -0.4 is 10.5 Å². The van der Waals surface area contributed by atoms with Crippen molar-refractivity contribution in [2.24, 2.45) is 22.7 Å². The van der Waals surface area contributed by atoms with Gasteiger partial charge in [-0.3, -0.25) is 0 Å². The third-order valence-electron chi connectivity index (χ3n) is 4.18. The second-order valence-corrected chi connectivity index (χ2v) is 5.61. The fourth-order valence-electron chi connectivity index (χ4n) is 2.69. The number of nitrogens with two attached hydrogens (primary N) is 1. The predicted molar refractivity (Wildman–Crippen MR) is 75.5 cm³/mol. The van der Waals surface area contributed by atoms with E-state index in [1.54, 1.807) is 12.1 Å². The Morgan fingerprint density at radius 1 is 1.35 bits per heavy atom. The molecular formula is C15H21FN2O2. The molecule has 0 bridgehead atoms. The van der Waals surface area contributed by atoms with Crippen LogP contribution in [0.15, 0.2) is 23.4 Å². The van der Waals surface area contributed by atoms with Crippen LogP contribution >= 0.6 is 0 Å². The number of oxime groups is 1. The van der Waals surface area contributed by atoms with E-state index in [-0.39, 0.29) is 17.5 Å². The highest BCUT2D eigenvalue weighted by Gasteiger charge is 2.27. The number of halogens is 1. The highest BCUT2D eigenvalue weighted by molar-refractivity contribution is 5.99. The largest absolute Gasteiger partial charge is 0.490 e. The minimum atomic E-state index is -0.546. The minimum Gasteiger partial charge on any atom is -0.490 e. The Labute approximate surface area is 118 Å². The van der Waals surface area contributed by atoms with Gasteiger partial charge in [-0.1, -0.05) is 25.1 Å². The second-order valence-electron chi connectivity index (χ2n) is 5.61. The Balaban J connectivity index is 2.20. The number of rotatable bonds is 3. The zero-order valence-electron chi connectivity index (χ0n) is 11.8. The summed E-state index contributed by atoms with van der Waals surface area (Å²) in [5, 5.41) is 11.6. The molecule has 1 fully saturated rings. The Morgan fingerprint density at radius 3 is 2.75 bits per heavy atom. The van der Waals surface area contributed by atoms with Gasteiger partial charge in [-0.05, 0) is 43.2 Å². The summed E-state index contributed by atoms with van der Waals surface area (Å²) >= 11 is 0. The first-order valence-electron chi connectivity index (χ1n) is 6.96. The van der Waals surface area contributed by atoms with Crippen molar-refractivity contribution in [3.05, 3.63) is 29.6 Å². The Bertz CT molecular complexity index is 505. The van der Waals surface area contributed by atoms with Crippen molar-refractivity contribution in [3.63, 3.8) is 0 Å². The van der Waals surface area contributed by atoms with Gasteiger partial charge in [-0.25, -0.2) is 4.39 Å². The number of ether oxygens (including phenoxy) is 1. The molecule has 0 aromatic heterocycles. The van der Waals surface area contributed by atoms with Gasteiger partial charge in [-0.2, -0.15) is 0 Å². The first-order chi connectivity index (χ1) is 9.52. The summed E-state index contributed by atoms with van der Waals surface area (Å²) in [5.74, 6) is 0.790. The molecule has 110 valence electrons. The van der Waals surface area contributed by atoms with Crippen LogP contribution in [0.5, 0.6) is 5.75 Å². The van der Waals surface area contributed by atoms with Gasteiger partial charge in [0, 0.05) is 0 Å². The lowest BCUT2D eigenvalue weighted by molar-refractivity contribution is 0.100. The van der Waals surface area contributed by atoms with Crippen LogP contribution in [-0.2, 0) is 0 Å². The number of hydrogen-bond donors (Lipinski definition) is 2. The minimum absolute atomic E-state index is 0.0290. The van der Waals surface area contributed by atoms with Crippen molar-refractivity contribution in [1.29, 1.82) is 0 Å². The van der Waals surface area contributed by atoms with Gasteiger partial charge in [0.25, 0.3) is 0 Å². The zero-order chi connectivity index (χ0) is 14.7. The molecule has 0 spiro atoms. The predicted octanol–water partition coefficient (Wildman–Crippen LogP) is 3.12. The van der Waals surface area contributed by atoms with Crippen molar-refractivity contribution in [1.82, 2.24) is 0 Å². The van der Waals surface area contributed by atoms with Crippen LogP contribution in [0.1, 0.15) is 38.7 Å². The summed E-state index contributed by atoms with van der Waals surface area (Å²) in [4.78, 5) is 0. The Kier molecular flexibility index (Phi) is 4.47. The lowest BCUT2D eigenvalue weighted by Gasteiger charge is -2.32. The average Bonchev–Trinajstić information content (AvgIpc) is 2.42. The van der Waals surface area contributed by atoms with E-state index in [0.717, 1.165) is 19.3 Å². The molecule has 1 aromatic carbocycles. The molecule has 0 amide bonds. The lowest BCUT2D eigenvalue weighted by atomic mass is 9.80. The molecule has 0 aliphatic heterocycles. The SMILES string of the molecule is CC1CCC(Oc2cccc(F)c2C(N)=NO)CC1C. The van der Waals surface area contributed by atoms with Crippen LogP contribution in [0.25, 0.3) is 0 Å². The molecule has 1 aromatic rings. The molecule has 2 rings (SSSR count). The van der Waals surface area contributed by atoms with Crippen LogP contribution in [0.2, 0.25) is 0 Å². The quantitative estimate of drug-likeness (QED) is 0.387. The molecule has 1 aliphatic rings. The maximum Gasteiger partial charge on any atom is 0.176 e. The fourth-order valence-corrected chi connectivity index (χ4v) is 2.69. The van der Waals surface area contributed by atoms with Crippen molar-refractivity contribution >= 4 is 5.84 Å². The van der Waals surface area contributed by atoms with Crippen molar-refractivity contribution in [2.45, 2.75) is 39.2 Å². The van der Waals surface area contributed by atoms with E-state index >= 15 is 0 Å². The first-order valence-corrected chi connectivity index (χ1v) is 6.96. The Hall–Kier alpha value is -1.78. The van der Waals surface area contributed by atoms with Crippen LogP contribution in [0, 0.1) is 17.7 Å². The summed E-state index contributed by atoms with van der Waals surface area (Å²) in [5.41, 5.74) is 5.56. The van der Waals surface area contributed by atoms with E-state index in [9.17, 15) is 4.39 Å². The van der Waals surface area contributed by atoms with Crippen molar-refractivity contribution < 1.29 is 14.3 Å². The van der Waals surface area contributed by atoms with E-state index < -0.39 is 5.82 Å². The van der Waals surface area contributed by atoms with Gasteiger partial charge in [0.05, 0.1) is 11.7 Å². The molecule has 3 atom stereocenters. The molecule has 20 heavy (non-hydrogen) atoms. The Morgan fingerprint density at radius 2 is 2.10 bits per heavy atom. The van der Waals surface area contributed by atoms with Gasteiger partial charge >= 0.3 is 0 Å². The average molecular weight is 280 g/mol. The number of hydrogen-bond acceptors (Lipinski definition) is 3. The van der Waals surface area contributed by atoms with Crippen LogP contribution in [0.4, 0.5) is 4.39 Å². The second kappa shape index (κ2) is 6.11. The first kappa shape index (κ1) is 14.6. The highest BCUT2D eigenvalue weighted by atomic mass is 19.1. The summed E-state index contributed by atoms with van der Waals surface area (Å²) in [7, 11) is 0. The molecule has 1 aliphatic carbocycles. The van der Waals surface area contributed by atoms with E-state index in [2.05, 4.69) is 19.0 Å². The number of amidine groups is 1. The highest BCUT2D eigenvalue weighted by Crippen LogP contribution is 2.33. The number of benzene rings is 1. The molecule has 0 radical (unpaired) electrons. The summed E-state index contributed by atoms with van der Waals surface area (Å²) in [6.07, 6.45) is 3.03. The molecular weight excluding hydrogens is 259 g/mol. The maximum atomic E-state index is 13.8. The third kappa shape index (κ3) is 3.03. The van der Waals surface area contributed by atoms with E-state index in [1.165, 1.54) is 6.07 Å². The van der Waals surface area contributed by atoms with Crippen LogP contribution in [-0.4, -0.2) is 17.1 Å². The van der Waals surface area contributed by atoms with Crippen molar-refractivity contribution in [2.75, 3.05) is 0 Å². The maximum absolute atomic E-state index is 13.8. The molecule has 0 saturated heterocycles. The van der Waals surface area contributed by atoms with E-state index in [4.69, 9.17) is 15.7 Å². The summed E-state index contributed by atoms with van der Waals surface area (Å²) in [6, 6.07) is 4.48. The molecule has 3 N–H and O–H groups in total.